The Hall–Kier alpha value is -1.60. The van der Waals surface area contributed by atoms with Gasteiger partial charge in [-0.15, -0.1) is 4.99 Å². The van der Waals surface area contributed by atoms with Crippen molar-refractivity contribution in [3.05, 3.63) is 24.3 Å². The molecule has 1 rings (SSSR count). The van der Waals surface area contributed by atoms with Gasteiger partial charge >= 0.3 is 6.08 Å². The molecule has 0 heterocycles. The molecule has 11 heavy (non-hydrogen) atoms. The Kier molecular flexibility index (Phi) is 2.42. The van der Waals surface area contributed by atoms with Crippen LogP contribution in [0, 0.1) is 0 Å². The Balaban J connectivity index is 3.11. The molecule has 0 fully saturated rings. The maximum atomic E-state index is 8.27. The van der Waals surface area contributed by atoms with Crippen LogP contribution in [0.5, 0.6) is 5.75 Å². The van der Waals surface area contributed by atoms with E-state index >= 15 is 0 Å². The van der Waals surface area contributed by atoms with Crippen LogP contribution in [0.1, 0.15) is 0 Å². The van der Waals surface area contributed by atoms with Crippen LogP contribution < -0.4 is 4.74 Å². The predicted octanol–water partition coefficient (Wildman–Crippen LogP) is 1.60. The number of isocyanates is 1. The first-order valence-corrected chi connectivity index (χ1v) is 3.11. The normalized spacial score (nSPS) is 8.45. The van der Waals surface area contributed by atoms with Gasteiger partial charge in [0.2, 0.25) is 0 Å². The summed E-state index contributed by atoms with van der Waals surface area (Å²) < 4.78 is 4.95. The third-order valence-corrected chi connectivity index (χ3v) is 1.26. The second kappa shape index (κ2) is 3.54. The molecule has 0 saturated carbocycles. The number of nitrogens with zero attached hydrogens (tertiary/aromatic N) is 1. The number of rotatable bonds is 2. The van der Waals surface area contributed by atoms with Crippen LogP contribution in [0.3, 0.4) is 0 Å². The summed E-state index contributed by atoms with van der Waals surface area (Å²) in [5.74, 6) is 0.619. The van der Waals surface area contributed by atoms with E-state index in [-0.39, 0.29) is 0 Å². The fourth-order valence-electron chi connectivity index (χ4n) is 0.776. The minimum absolute atomic E-state index is 0.567. The molecule has 1 aromatic carbocycles. The number of hydrogen-bond donors (Lipinski definition) is 0. The molecule has 0 bridgehead atoms. The van der Waals surface area contributed by atoms with Gasteiger partial charge < -0.3 is 4.74 Å². The number of para-hydroxylation sites is 2. The van der Waals surface area contributed by atoms with Crippen molar-refractivity contribution >= 4 is 11.8 Å². The largest absolute Gasteiger partial charge is 0.494 e. The Labute approximate surface area is 64.3 Å². The Morgan fingerprint density at radius 3 is 2.82 bits per heavy atom. The van der Waals surface area contributed by atoms with E-state index < -0.39 is 0 Å². The minimum atomic E-state index is 0.567. The van der Waals surface area contributed by atoms with Crippen LogP contribution in [0.25, 0.3) is 0 Å². The van der Waals surface area contributed by atoms with Crippen LogP contribution in [0.2, 0.25) is 0 Å². The first-order chi connectivity index (χ1) is 5.38. The SMILES string of the molecule is COc1ccccc1N=C=[OH+]. The molecule has 0 atom stereocenters. The quantitative estimate of drug-likeness (QED) is 0.358. The van der Waals surface area contributed by atoms with Gasteiger partial charge in [-0.2, -0.15) is 0 Å². The van der Waals surface area contributed by atoms with Gasteiger partial charge in [-0.25, -0.2) is 4.79 Å². The number of carbonyl (C=O) groups excluding carboxylic acids is 1. The van der Waals surface area contributed by atoms with Crippen molar-refractivity contribution in [2.24, 2.45) is 4.99 Å². The molecule has 0 spiro atoms. The van der Waals surface area contributed by atoms with Gasteiger partial charge in [0.15, 0.2) is 0 Å². The maximum absolute atomic E-state index is 8.27. The molecule has 0 aromatic heterocycles. The third-order valence-electron chi connectivity index (χ3n) is 1.26. The molecule has 1 N–H and O–H groups in total. The van der Waals surface area contributed by atoms with Crippen molar-refractivity contribution in [1.29, 1.82) is 0 Å². The Bertz CT molecular complexity index is 290. The van der Waals surface area contributed by atoms with Gasteiger partial charge in [-0.3, -0.25) is 0 Å². The lowest BCUT2D eigenvalue weighted by atomic mass is 10.3. The van der Waals surface area contributed by atoms with Crippen molar-refractivity contribution in [3.8, 4) is 5.75 Å². The second-order valence-electron chi connectivity index (χ2n) is 1.88. The van der Waals surface area contributed by atoms with Crippen LogP contribution in [0.4, 0.5) is 5.69 Å². The molecule has 3 nitrogen and oxygen atoms in total. The summed E-state index contributed by atoms with van der Waals surface area (Å²) in [6, 6.07) is 7.12. The second-order valence-corrected chi connectivity index (χ2v) is 1.88. The van der Waals surface area contributed by atoms with Gasteiger partial charge in [0.05, 0.1) is 7.11 Å². The molecule has 0 amide bonds. The summed E-state index contributed by atoms with van der Waals surface area (Å²) >= 11 is 0. The van der Waals surface area contributed by atoms with Gasteiger partial charge in [-0.1, -0.05) is 12.1 Å². The summed E-state index contributed by atoms with van der Waals surface area (Å²) in [5, 5.41) is 0. The monoisotopic (exact) mass is 150 g/mol. The van der Waals surface area contributed by atoms with E-state index in [0.29, 0.717) is 11.4 Å². The zero-order chi connectivity index (χ0) is 8.10. The average Bonchev–Trinajstić information content (AvgIpc) is 2.06. The summed E-state index contributed by atoms with van der Waals surface area (Å²) in [7, 11) is 1.55. The zero-order valence-corrected chi connectivity index (χ0v) is 6.11. The van der Waals surface area contributed by atoms with E-state index in [1.54, 1.807) is 31.4 Å². The predicted molar refractivity (Wildman–Crippen MR) is 42.0 cm³/mol. The Morgan fingerprint density at radius 1 is 1.45 bits per heavy atom. The molecule has 1 aromatic rings. The van der Waals surface area contributed by atoms with Crippen molar-refractivity contribution < 1.29 is 9.53 Å². The highest BCUT2D eigenvalue weighted by molar-refractivity contribution is 5.57. The molecule has 0 unspecified atom stereocenters. The van der Waals surface area contributed by atoms with Crippen LogP contribution in [0.15, 0.2) is 29.3 Å². The molecule has 3 heteroatoms. The van der Waals surface area contributed by atoms with E-state index in [2.05, 4.69) is 4.99 Å². The standard InChI is InChI=1S/C8H7NO2/c1-11-8-5-3-2-4-7(8)9-6-10/h2-5H,1H3/p+1. The highest BCUT2D eigenvalue weighted by Crippen LogP contribution is 2.25. The lowest BCUT2D eigenvalue weighted by Gasteiger charge is -1.99. The highest BCUT2D eigenvalue weighted by Gasteiger charge is 1.97. The molecular weight excluding hydrogens is 142 g/mol. The van der Waals surface area contributed by atoms with E-state index in [9.17, 15) is 0 Å². The highest BCUT2D eigenvalue weighted by atomic mass is 16.5. The zero-order valence-electron chi connectivity index (χ0n) is 6.11. The first kappa shape index (κ1) is 7.51. The van der Waals surface area contributed by atoms with Gasteiger partial charge in [0, 0.05) is 0 Å². The van der Waals surface area contributed by atoms with Crippen LogP contribution in [-0.4, -0.2) is 18.0 Å². The molecule has 0 aliphatic carbocycles. The molecule has 0 saturated heterocycles. The first-order valence-electron chi connectivity index (χ1n) is 3.11. The van der Waals surface area contributed by atoms with Gasteiger partial charge in [0.25, 0.3) is 0 Å². The van der Waals surface area contributed by atoms with E-state index in [4.69, 9.17) is 9.53 Å². The molecule has 56 valence electrons. The summed E-state index contributed by atoms with van der Waals surface area (Å²) in [4.78, 5) is 11.8. The molecule has 0 aliphatic heterocycles. The number of benzene rings is 1. The van der Waals surface area contributed by atoms with Crippen LogP contribution >= 0.6 is 0 Å². The van der Waals surface area contributed by atoms with Gasteiger partial charge in [-0.05, 0) is 12.1 Å². The Morgan fingerprint density at radius 2 is 2.18 bits per heavy atom. The lowest BCUT2D eigenvalue weighted by molar-refractivity contribution is 0.416. The van der Waals surface area contributed by atoms with E-state index in [1.807, 2.05) is 6.07 Å². The van der Waals surface area contributed by atoms with E-state index in [1.165, 1.54) is 0 Å². The maximum Gasteiger partial charge on any atom is 0.472 e. The lowest BCUT2D eigenvalue weighted by Crippen LogP contribution is -1.81. The minimum Gasteiger partial charge on any atom is -0.494 e. The number of methoxy groups -OCH3 is 1. The molecule has 0 aliphatic rings. The fraction of sp³-hybridized carbons (Fsp3) is 0.125. The molecular formula is C8H8NO2+. The van der Waals surface area contributed by atoms with Crippen molar-refractivity contribution in [3.63, 3.8) is 0 Å². The van der Waals surface area contributed by atoms with Crippen LogP contribution in [-0.2, 0) is 0 Å². The number of aliphatic imine (C=N–C) groups is 1. The van der Waals surface area contributed by atoms with Crippen molar-refractivity contribution in [2.45, 2.75) is 0 Å². The fourth-order valence-corrected chi connectivity index (χ4v) is 0.776. The van der Waals surface area contributed by atoms with Gasteiger partial charge in [0.1, 0.15) is 11.4 Å². The number of ether oxygens (including phenoxy) is 1. The van der Waals surface area contributed by atoms with E-state index in [0.717, 1.165) is 0 Å². The smallest absolute Gasteiger partial charge is 0.472 e. The summed E-state index contributed by atoms with van der Waals surface area (Å²) in [6.07, 6.45) is 1.70. The number of hydrogen-bond acceptors (Lipinski definition) is 2. The van der Waals surface area contributed by atoms with Crippen molar-refractivity contribution in [1.82, 2.24) is 0 Å². The molecule has 0 radical (unpaired) electrons. The summed E-state index contributed by atoms with van der Waals surface area (Å²) in [6.45, 7) is 0. The van der Waals surface area contributed by atoms with Crippen molar-refractivity contribution in [2.75, 3.05) is 7.11 Å². The summed E-state index contributed by atoms with van der Waals surface area (Å²) in [5.41, 5.74) is 0.567. The topological polar surface area (TPSA) is 43.0 Å². The third kappa shape index (κ3) is 1.66. The average molecular weight is 150 g/mol.